The number of carbonyl (C=O) groups is 2. The Labute approximate surface area is 86.1 Å². The van der Waals surface area contributed by atoms with E-state index in [0.29, 0.717) is 17.4 Å². The summed E-state index contributed by atoms with van der Waals surface area (Å²) in [7, 11) is 0. The monoisotopic (exact) mass is 209 g/mol. The van der Waals surface area contributed by atoms with Crippen molar-refractivity contribution in [1.82, 2.24) is 0 Å². The number of nitrogens with two attached hydrogens (primary N) is 1. The average Bonchev–Trinajstić information content (AvgIpc) is 2.18. The van der Waals surface area contributed by atoms with Crippen LogP contribution in [0.1, 0.15) is 15.9 Å². The fourth-order valence-electron chi connectivity index (χ4n) is 1.21. The number of rotatable bonds is 4. The zero-order valence-corrected chi connectivity index (χ0v) is 7.88. The van der Waals surface area contributed by atoms with E-state index in [9.17, 15) is 14.7 Å². The lowest BCUT2D eigenvalue weighted by molar-refractivity contribution is -0.138. The summed E-state index contributed by atoms with van der Waals surface area (Å²) in [5.41, 5.74) is 6.09. The number of phenolic OH excluding ortho intramolecular Hbond substituents is 1. The first-order valence-electron chi connectivity index (χ1n) is 4.30. The molecule has 0 aliphatic heterocycles. The zero-order valence-electron chi connectivity index (χ0n) is 7.88. The van der Waals surface area contributed by atoms with Gasteiger partial charge in [0.2, 0.25) is 0 Å². The molecule has 0 aromatic heterocycles. The van der Waals surface area contributed by atoms with Crippen molar-refractivity contribution in [3.8, 4) is 5.75 Å². The molecule has 1 rings (SSSR count). The van der Waals surface area contributed by atoms with Crippen LogP contribution in [0.15, 0.2) is 18.2 Å². The Morgan fingerprint density at radius 2 is 2.20 bits per heavy atom. The molecule has 0 aliphatic rings. The lowest BCUT2D eigenvalue weighted by Gasteiger charge is -2.08. The molecular weight excluding hydrogens is 198 g/mol. The molecule has 15 heavy (non-hydrogen) atoms. The minimum Gasteiger partial charge on any atom is -0.508 e. The van der Waals surface area contributed by atoms with Gasteiger partial charge in [-0.25, -0.2) is 0 Å². The van der Waals surface area contributed by atoms with Crippen LogP contribution in [0.25, 0.3) is 0 Å². The van der Waals surface area contributed by atoms with Gasteiger partial charge in [0, 0.05) is 5.56 Å². The van der Waals surface area contributed by atoms with Gasteiger partial charge in [-0.3, -0.25) is 9.59 Å². The molecule has 80 valence electrons. The number of hydrogen-bond acceptors (Lipinski definition) is 4. The number of aromatic hydroxyl groups is 1. The van der Waals surface area contributed by atoms with Crippen LogP contribution < -0.4 is 5.73 Å². The van der Waals surface area contributed by atoms with Crippen LogP contribution in [0, 0.1) is 0 Å². The molecule has 4 N–H and O–H groups in total. The zero-order chi connectivity index (χ0) is 11.4. The summed E-state index contributed by atoms with van der Waals surface area (Å²) in [6.45, 7) is 0. The van der Waals surface area contributed by atoms with E-state index in [1.165, 1.54) is 18.2 Å². The van der Waals surface area contributed by atoms with E-state index in [4.69, 9.17) is 10.8 Å². The second kappa shape index (κ2) is 4.56. The fraction of sp³-hybridized carbons (Fsp3) is 0.200. The number of aldehydes is 1. The highest BCUT2D eigenvalue weighted by molar-refractivity contribution is 5.79. The van der Waals surface area contributed by atoms with Crippen molar-refractivity contribution in [3.63, 3.8) is 0 Å². The number of aliphatic carboxylic acids is 1. The lowest BCUT2D eigenvalue weighted by atomic mass is 10.0. The second-order valence-electron chi connectivity index (χ2n) is 3.15. The smallest absolute Gasteiger partial charge is 0.320 e. The maximum atomic E-state index is 10.6. The Bertz CT molecular complexity index is 389. The number of hydrogen-bond donors (Lipinski definition) is 3. The Morgan fingerprint density at radius 3 is 2.73 bits per heavy atom. The first-order chi connectivity index (χ1) is 7.04. The maximum absolute atomic E-state index is 10.6. The number of benzene rings is 1. The topological polar surface area (TPSA) is 101 Å². The van der Waals surface area contributed by atoms with Gasteiger partial charge in [0.15, 0.2) is 0 Å². The molecule has 5 nitrogen and oxygen atoms in total. The molecule has 1 atom stereocenters. The molecule has 0 fully saturated rings. The summed E-state index contributed by atoms with van der Waals surface area (Å²) >= 11 is 0. The van der Waals surface area contributed by atoms with Crippen molar-refractivity contribution in [3.05, 3.63) is 29.3 Å². The maximum Gasteiger partial charge on any atom is 0.320 e. The van der Waals surface area contributed by atoms with Crippen LogP contribution in [-0.2, 0) is 11.2 Å². The third-order valence-electron chi connectivity index (χ3n) is 2.01. The third-order valence-corrected chi connectivity index (χ3v) is 2.01. The SMILES string of the molecule is NC(Cc1cc(O)ccc1C=O)C(=O)O. The van der Waals surface area contributed by atoms with Crippen molar-refractivity contribution in [2.24, 2.45) is 5.73 Å². The Morgan fingerprint density at radius 1 is 1.53 bits per heavy atom. The van der Waals surface area contributed by atoms with E-state index in [1.807, 2.05) is 0 Å². The normalized spacial score (nSPS) is 12.1. The Kier molecular flexibility index (Phi) is 3.41. The van der Waals surface area contributed by atoms with Crippen molar-refractivity contribution in [1.29, 1.82) is 0 Å². The molecule has 0 spiro atoms. The van der Waals surface area contributed by atoms with Crippen molar-refractivity contribution < 1.29 is 19.8 Å². The largest absolute Gasteiger partial charge is 0.508 e. The van der Waals surface area contributed by atoms with E-state index >= 15 is 0 Å². The molecule has 1 unspecified atom stereocenters. The number of phenols is 1. The molecule has 0 radical (unpaired) electrons. The van der Waals surface area contributed by atoms with Crippen LogP contribution in [0.2, 0.25) is 0 Å². The highest BCUT2D eigenvalue weighted by Crippen LogP contribution is 2.16. The van der Waals surface area contributed by atoms with Crippen LogP contribution in [0.3, 0.4) is 0 Å². The predicted molar refractivity (Wildman–Crippen MR) is 52.8 cm³/mol. The number of carboxylic acid groups (broad SMARTS) is 1. The van der Waals surface area contributed by atoms with Crippen LogP contribution in [0.5, 0.6) is 5.75 Å². The Hall–Kier alpha value is -1.88. The lowest BCUT2D eigenvalue weighted by Crippen LogP contribution is -2.32. The first-order valence-corrected chi connectivity index (χ1v) is 4.30. The van der Waals surface area contributed by atoms with Gasteiger partial charge in [-0.05, 0) is 30.2 Å². The van der Waals surface area contributed by atoms with E-state index < -0.39 is 12.0 Å². The van der Waals surface area contributed by atoms with Gasteiger partial charge in [-0.15, -0.1) is 0 Å². The highest BCUT2D eigenvalue weighted by atomic mass is 16.4. The molecule has 0 saturated heterocycles. The fourth-order valence-corrected chi connectivity index (χ4v) is 1.21. The van der Waals surface area contributed by atoms with Gasteiger partial charge < -0.3 is 15.9 Å². The molecule has 1 aromatic rings. The first kappa shape index (κ1) is 11.2. The molecular formula is C10H11NO4. The van der Waals surface area contributed by atoms with Crippen LogP contribution in [0.4, 0.5) is 0 Å². The average molecular weight is 209 g/mol. The van der Waals surface area contributed by atoms with E-state index in [-0.39, 0.29) is 12.2 Å². The molecule has 0 bridgehead atoms. The summed E-state index contributed by atoms with van der Waals surface area (Å²) in [6, 6.07) is 3.05. The van der Waals surface area contributed by atoms with E-state index in [0.717, 1.165) is 0 Å². The minimum atomic E-state index is -1.14. The van der Waals surface area contributed by atoms with Crippen molar-refractivity contribution in [2.45, 2.75) is 12.5 Å². The molecule has 0 heterocycles. The molecule has 0 saturated carbocycles. The summed E-state index contributed by atoms with van der Waals surface area (Å²) in [5.74, 6) is -1.16. The van der Waals surface area contributed by atoms with Gasteiger partial charge in [0.25, 0.3) is 0 Å². The Balaban J connectivity index is 2.96. The summed E-state index contributed by atoms with van der Waals surface area (Å²) in [4.78, 5) is 21.1. The number of carboxylic acids is 1. The van der Waals surface area contributed by atoms with Gasteiger partial charge in [0.1, 0.15) is 18.1 Å². The molecule has 1 aromatic carbocycles. The van der Waals surface area contributed by atoms with Crippen LogP contribution >= 0.6 is 0 Å². The van der Waals surface area contributed by atoms with Gasteiger partial charge in [0.05, 0.1) is 0 Å². The van der Waals surface area contributed by atoms with Gasteiger partial charge in [-0.1, -0.05) is 0 Å². The number of carbonyl (C=O) groups excluding carboxylic acids is 1. The second-order valence-corrected chi connectivity index (χ2v) is 3.15. The minimum absolute atomic E-state index is 0.0117. The standard InChI is InChI=1S/C10H11NO4/c11-9(10(14)15)4-7-3-8(13)2-1-6(7)5-12/h1-3,5,9,13H,4,11H2,(H,14,15). The molecule has 0 aliphatic carbocycles. The molecule has 0 amide bonds. The van der Waals surface area contributed by atoms with Gasteiger partial charge in [-0.2, -0.15) is 0 Å². The molecule has 5 heteroatoms. The summed E-state index contributed by atoms with van der Waals surface area (Å²) in [6.07, 6.45) is 0.612. The predicted octanol–water partition coefficient (Wildman–Crippen LogP) is 0.159. The highest BCUT2D eigenvalue weighted by Gasteiger charge is 2.14. The van der Waals surface area contributed by atoms with E-state index in [1.54, 1.807) is 0 Å². The van der Waals surface area contributed by atoms with Gasteiger partial charge >= 0.3 is 5.97 Å². The van der Waals surface area contributed by atoms with Crippen molar-refractivity contribution >= 4 is 12.3 Å². The third kappa shape index (κ3) is 2.78. The quantitative estimate of drug-likeness (QED) is 0.613. The summed E-state index contributed by atoms with van der Waals surface area (Å²) in [5, 5.41) is 17.8. The van der Waals surface area contributed by atoms with Crippen molar-refractivity contribution in [2.75, 3.05) is 0 Å². The van der Waals surface area contributed by atoms with E-state index in [2.05, 4.69) is 0 Å². The van der Waals surface area contributed by atoms with Crippen LogP contribution in [-0.4, -0.2) is 28.5 Å². The summed E-state index contributed by atoms with van der Waals surface area (Å²) < 4.78 is 0.